The molecule has 2 aromatic rings. The van der Waals surface area contributed by atoms with E-state index in [0.29, 0.717) is 12.2 Å². The third kappa shape index (κ3) is 4.63. The topological polar surface area (TPSA) is 86.8 Å². The second-order valence-electron chi connectivity index (χ2n) is 6.89. The molecule has 3 rings (SSSR count). The minimum absolute atomic E-state index is 0.0851. The van der Waals surface area contributed by atoms with Crippen LogP contribution in [0.1, 0.15) is 11.1 Å². The number of nitrogens with one attached hydrogen (secondary N) is 1. The summed E-state index contributed by atoms with van der Waals surface area (Å²) in [6, 6.07) is 12.4. The Bertz CT molecular complexity index is 1050. The molecule has 0 bridgehead atoms. The molecule has 0 atom stereocenters. The molecule has 7 nitrogen and oxygen atoms in total. The Morgan fingerprint density at radius 1 is 1.21 bits per heavy atom. The largest absolute Gasteiger partial charge is 0.350 e. The number of thioether (sulfide) groups is 1. The van der Waals surface area contributed by atoms with Gasteiger partial charge in [0, 0.05) is 25.5 Å². The first-order chi connectivity index (χ1) is 13.7. The number of amides is 2. The van der Waals surface area contributed by atoms with Crippen LogP contribution >= 0.6 is 11.8 Å². The maximum absolute atomic E-state index is 12.5. The smallest absolute Gasteiger partial charge is 0.242 e. The van der Waals surface area contributed by atoms with Crippen molar-refractivity contribution in [1.82, 2.24) is 9.62 Å². The van der Waals surface area contributed by atoms with Gasteiger partial charge >= 0.3 is 0 Å². The first kappa shape index (κ1) is 21.4. The summed E-state index contributed by atoms with van der Waals surface area (Å²) in [5.74, 6) is -0.328. The molecule has 2 amide bonds. The van der Waals surface area contributed by atoms with Gasteiger partial charge in [0.2, 0.25) is 21.8 Å². The minimum atomic E-state index is -3.65. The normalized spacial score (nSPS) is 14.1. The van der Waals surface area contributed by atoms with Gasteiger partial charge in [-0.25, -0.2) is 12.7 Å². The van der Waals surface area contributed by atoms with Crippen LogP contribution in [0.25, 0.3) is 0 Å². The SMILES string of the molecule is Cc1ccccc1CNC(=O)CN1C(=O)CSc2ccc(S(=O)(=O)N(C)C)cc21. The maximum Gasteiger partial charge on any atom is 0.242 e. The first-order valence-corrected chi connectivity index (χ1v) is 11.4. The van der Waals surface area contributed by atoms with Crippen LogP contribution in [0, 0.1) is 6.92 Å². The van der Waals surface area contributed by atoms with Crippen molar-refractivity contribution in [2.45, 2.75) is 23.3 Å². The fraction of sp³-hybridized carbons (Fsp3) is 0.300. The van der Waals surface area contributed by atoms with Crippen LogP contribution in [-0.4, -0.2) is 50.9 Å². The van der Waals surface area contributed by atoms with Crippen LogP contribution in [0.5, 0.6) is 0 Å². The molecule has 0 aliphatic carbocycles. The number of sulfonamides is 1. The quantitative estimate of drug-likeness (QED) is 0.753. The predicted octanol–water partition coefficient (Wildman–Crippen LogP) is 2.00. The second-order valence-corrected chi connectivity index (χ2v) is 10.1. The van der Waals surface area contributed by atoms with Crippen molar-refractivity contribution in [3.8, 4) is 0 Å². The minimum Gasteiger partial charge on any atom is -0.350 e. The van der Waals surface area contributed by atoms with E-state index in [1.807, 2.05) is 31.2 Å². The molecular weight excluding hydrogens is 410 g/mol. The van der Waals surface area contributed by atoms with Crippen LogP contribution in [-0.2, 0) is 26.2 Å². The lowest BCUT2D eigenvalue weighted by Gasteiger charge is -2.29. The molecule has 0 saturated heterocycles. The number of carbonyl (C=O) groups excluding carboxylic acids is 2. The summed E-state index contributed by atoms with van der Waals surface area (Å²) in [6.45, 7) is 2.17. The zero-order valence-electron chi connectivity index (χ0n) is 16.5. The number of nitrogens with zero attached hydrogens (tertiary/aromatic N) is 2. The average Bonchev–Trinajstić information content (AvgIpc) is 2.69. The van der Waals surface area contributed by atoms with Crippen molar-refractivity contribution < 1.29 is 18.0 Å². The van der Waals surface area contributed by atoms with Gasteiger partial charge in [-0.3, -0.25) is 9.59 Å². The van der Waals surface area contributed by atoms with Gasteiger partial charge in [0.05, 0.1) is 16.3 Å². The number of anilines is 1. The van der Waals surface area contributed by atoms with Crippen LogP contribution in [0.4, 0.5) is 5.69 Å². The lowest BCUT2D eigenvalue weighted by Crippen LogP contribution is -2.43. The molecular formula is C20H23N3O4S2. The number of hydrogen-bond acceptors (Lipinski definition) is 5. The van der Waals surface area contributed by atoms with E-state index in [0.717, 1.165) is 20.3 Å². The van der Waals surface area contributed by atoms with Crippen LogP contribution in [0.3, 0.4) is 0 Å². The van der Waals surface area contributed by atoms with Crippen molar-refractivity contribution in [1.29, 1.82) is 0 Å². The summed E-state index contributed by atoms with van der Waals surface area (Å²) in [5.41, 5.74) is 2.52. The van der Waals surface area contributed by atoms with E-state index >= 15 is 0 Å². The number of fused-ring (bicyclic) bond motifs is 1. The van der Waals surface area contributed by atoms with Gasteiger partial charge in [0.25, 0.3) is 0 Å². The van der Waals surface area contributed by atoms with Gasteiger partial charge in [0.15, 0.2) is 0 Å². The number of aryl methyl sites for hydroxylation is 1. The van der Waals surface area contributed by atoms with Crippen molar-refractivity contribution in [2.24, 2.45) is 0 Å². The van der Waals surface area contributed by atoms with E-state index < -0.39 is 10.0 Å². The number of hydrogen-bond donors (Lipinski definition) is 1. The Morgan fingerprint density at radius 3 is 2.62 bits per heavy atom. The highest BCUT2D eigenvalue weighted by molar-refractivity contribution is 8.00. The number of rotatable bonds is 6. The molecule has 0 spiro atoms. The Morgan fingerprint density at radius 2 is 1.93 bits per heavy atom. The van der Waals surface area contributed by atoms with Gasteiger partial charge in [-0.1, -0.05) is 24.3 Å². The molecule has 154 valence electrons. The number of benzene rings is 2. The summed E-state index contributed by atoms with van der Waals surface area (Å²) < 4.78 is 26.0. The molecule has 0 radical (unpaired) electrons. The monoisotopic (exact) mass is 433 g/mol. The molecule has 1 N–H and O–H groups in total. The van der Waals surface area contributed by atoms with Gasteiger partial charge < -0.3 is 10.2 Å². The highest BCUT2D eigenvalue weighted by atomic mass is 32.2. The number of carbonyl (C=O) groups is 2. The van der Waals surface area contributed by atoms with Crippen LogP contribution in [0.15, 0.2) is 52.3 Å². The Kier molecular flexibility index (Phi) is 6.30. The standard InChI is InChI=1S/C20H23N3O4S2/c1-14-6-4-5-7-15(14)11-21-19(24)12-23-17-10-16(29(26,27)22(2)3)8-9-18(17)28-13-20(23)25/h4-10H,11-13H2,1-3H3,(H,21,24). The van der Waals surface area contributed by atoms with Gasteiger partial charge in [-0.2, -0.15) is 0 Å². The maximum atomic E-state index is 12.5. The lowest BCUT2D eigenvalue weighted by atomic mass is 10.1. The molecule has 0 fully saturated rings. The average molecular weight is 434 g/mol. The summed E-state index contributed by atoms with van der Waals surface area (Å²) in [6.07, 6.45) is 0. The Balaban J connectivity index is 1.80. The van der Waals surface area contributed by atoms with Crippen molar-refractivity contribution in [3.05, 3.63) is 53.6 Å². The fourth-order valence-electron chi connectivity index (χ4n) is 2.93. The van der Waals surface area contributed by atoms with Gasteiger partial charge in [-0.15, -0.1) is 11.8 Å². The van der Waals surface area contributed by atoms with Crippen molar-refractivity contribution in [2.75, 3.05) is 31.3 Å². The highest BCUT2D eigenvalue weighted by Crippen LogP contribution is 2.37. The summed E-state index contributed by atoms with van der Waals surface area (Å²) in [4.78, 5) is 27.2. The van der Waals surface area contributed by atoms with E-state index in [1.165, 1.54) is 42.9 Å². The molecule has 0 unspecified atom stereocenters. The fourth-order valence-corrected chi connectivity index (χ4v) is 4.77. The zero-order valence-corrected chi connectivity index (χ0v) is 18.1. The molecule has 1 aliphatic heterocycles. The van der Waals surface area contributed by atoms with Crippen molar-refractivity contribution >= 4 is 39.3 Å². The molecule has 1 heterocycles. The summed E-state index contributed by atoms with van der Waals surface area (Å²) in [5, 5.41) is 2.84. The lowest BCUT2D eigenvalue weighted by molar-refractivity contribution is -0.123. The molecule has 0 aromatic heterocycles. The molecule has 0 saturated carbocycles. The van der Waals surface area contributed by atoms with E-state index in [-0.39, 0.29) is 29.0 Å². The molecule has 29 heavy (non-hydrogen) atoms. The molecule has 9 heteroatoms. The third-order valence-corrected chi connectivity index (χ3v) is 7.55. The van der Waals surface area contributed by atoms with E-state index in [9.17, 15) is 18.0 Å². The van der Waals surface area contributed by atoms with Crippen LogP contribution in [0.2, 0.25) is 0 Å². The van der Waals surface area contributed by atoms with Crippen LogP contribution < -0.4 is 10.2 Å². The van der Waals surface area contributed by atoms with E-state index in [1.54, 1.807) is 6.07 Å². The second kappa shape index (κ2) is 8.56. The summed E-state index contributed by atoms with van der Waals surface area (Å²) in [7, 11) is -0.745. The zero-order chi connectivity index (χ0) is 21.2. The summed E-state index contributed by atoms with van der Waals surface area (Å²) >= 11 is 1.34. The van der Waals surface area contributed by atoms with Gasteiger partial charge in [0.1, 0.15) is 6.54 Å². The Hall–Kier alpha value is -2.36. The molecule has 1 aliphatic rings. The first-order valence-electron chi connectivity index (χ1n) is 9.01. The Labute approximate surface area is 175 Å². The molecule has 2 aromatic carbocycles. The predicted molar refractivity (Wildman–Crippen MR) is 113 cm³/mol. The van der Waals surface area contributed by atoms with E-state index in [4.69, 9.17) is 0 Å². The highest BCUT2D eigenvalue weighted by Gasteiger charge is 2.29. The van der Waals surface area contributed by atoms with E-state index in [2.05, 4.69) is 5.32 Å². The van der Waals surface area contributed by atoms with Gasteiger partial charge in [-0.05, 0) is 36.2 Å². The third-order valence-electron chi connectivity index (χ3n) is 4.69. The van der Waals surface area contributed by atoms with Crippen molar-refractivity contribution in [3.63, 3.8) is 0 Å².